The highest BCUT2D eigenvalue weighted by molar-refractivity contribution is 6.30. The monoisotopic (exact) mass is 571 g/mol. The molecule has 0 atom stereocenters. The highest BCUT2D eigenvalue weighted by Gasteiger charge is 2.27. The van der Waals surface area contributed by atoms with Crippen LogP contribution in [0.1, 0.15) is 47.8 Å². The molecule has 0 unspecified atom stereocenters. The van der Waals surface area contributed by atoms with Crippen LogP contribution >= 0.6 is 11.6 Å². The molecule has 5 rings (SSSR count). The maximum atomic E-state index is 14.0. The van der Waals surface area contributed by atoms with Crippen molar-refractivity contribution < 1.29 is 23.4 Å². The lowest BCUT2D eigenvalue weighted by molar-refractivity contribution is 0.0734. The molecular formula is C34H31ClFNO4. The van der Waals surface area contributed by atoms with Crippen LogP contribution in [0.3, 0.4) is 0 Å². The van der Waals surface area contributed by atoms with E-state index in [1.807, 2.05) is 25.1 Å². The van der Waals surface area contributed by atoms with E-state index in [9.17, 15) is 9.18 Å². The largest absolute Gasteiger partial charge is 0.496 e. The topological polar surface area (TPSA) is 56.8 Å². The van der Waals surface area contributed by atoms with Crippen molar-refractivity contribution in [3.8, 4) is 28.4 Å². The Morgan fingerprint density at radius 2 is 1.73 bits per heavy atom. The van der Waals surface area contributed by atoms with Crippen molar-refractivity contribution in [1.29, 1.82) is 0 Å². The third-order valence-electron chi connectivity index (χ3n) is 7.00. The van der Waals surface area contributed by atoms with Crippen molar-refractivity contribution in [2.24, 2.45) is 0 Å². The van der Waals surface area contributed by atoms with Gasteiger partial charge in [0.1, 0.15) is 29.7 Å². The summed E-state index contributed by atoms with van der Waals surface area (Å²) in [4.78, 5) is 12.7. The number of nitrogens with one attached hydrogen (secondary N) is 1. The molecular weight excluding hydrogens is 541 g/mol. The van der Waals surface area contributed by atoms with Crippen LogP contribution in [0.25, 0.3) is 16.7 Å². The van der Waals surface area contributed by atoms with Gasteiger partial charge in [-0.3, -0.25) is 0 Å². The predicted molar refractivity (Wildman–Crippen MR) is 162 cm³/mol. The second kappa shape index (κ2) is 11.3. The number of hydrogen-bond acceptors (Lipinski definition) is 5. The van der Waals surface area contributed by atoms with Crippen molar-refractivity contribution >= 4 is 28.8 Å². The molecule has 1 aliphatic heterocycles. The Morgan fingerprint density at radius 1 is 0.951 bits per heavy atom. The van der Waals surface area contributed by atoms with Gasteiger partial charge in [0.15, 0.2) is 0 Å². The summed E-state index contributed by atoms with van der Waals surface area (Å²) < 4.78 is 31.7. The second-order valence-corrected chi connectivity index (χ2v) is 11.1. The number of methoxy groups -OCH3 is 1. The Hall–Kier alpha value is -4.29. The van der Waals surface area contributed by atoms with E-state index in [2.05, 4.69) is 32.2 Å². The van der Waals surface area contributed by atoms with Crippen LogP contribution < -0.4 is 19.5 Å². The number of ether oxygens (including phenoxy) is 3. The van der Waals surface area contributed by atoms with Crippen molar-refractivity contribution in [2.75, 3.05) is 12.4 Å². The summed E-state index contributed by atoms with van der Waals surface area (Å²) in [6.07, 6.45) is 2.19. The Morgan fingerprint density at radius 3 is 2.49 bits per heavy atom. The van der Waals surface area contributed by atoms with E-state index in [1.165, 1.54) is 12.1 Å². The van der Waals surface area contributed by atoms with Crippen molar-refractivity contribution in [1.82, 2.24) is 0 Å². The van der Waals surface area contributed by atoms with Gasteiger partial charge in [-0.2, -0.15) is 0 Å². The van der Waals surface area contributed by atoms with Crippen LogP contribution in [0.15, 0.2) is 78.9 Å². The smallest absolute Gasteiger partial charge is 0.343 e. The number of halogens is 2. The standard InChI is InChI=1S/C34H31ClFNO4/c1-20-9-10-24(36)16-30(20)40-19-28-26(13-14-29-32(28)21(2)18-34(3,4)37-29)27-12-11-25(17-31(27)39-5)41-33(38)22-7-6-8-23(35)15-22/h6-18,37H,19H2,1-5H3. The zero-order valence-electron chi connectivity index (χ0n) is 23.6. The Kier molecular flexibility index (Phi) is 7.78. The molecule has 5 nitrogen and oxygen atoms in total. The minimum absolute atomic E-state index is 0.199. The summed E-state index contributed by atoms with van der Waals surface area (Å²) in [5, 5.41) is 4.04. The lowest BCUT2D eigenvalue weighted by Crippen LogP contribution is -2.32. The zero-order chi connectivity index (χ0) is 29.3. The summed E-state index contributed by atoms with van der Waals surface area (Å²) in [5.74, 6) is 0.459. The van der Waals surface area contributed by atoms with E-state index in [0.29, 0.717) is 27.8 Å². The lowest BCUT2D eigenvalue weighted by atomic mass is 9.85. The van der Waals surface area contributed by atoms with Gasteiger partial charge >= 0.3 is 5.97 Å². The van der Waals surface area contributed by atoms with Crippen molar-refractivity contribution in [3.05, 3.63) is 112 Å². The fourth-order valence-corrected chi connectivity index (χ4v) is 5.41. The van der Waals surface area contributed by atoms with Gasteiger partial charge < -0.3 is 19.5 Å². The second-order valence-electron chi connectivity index (χ2n) is 10.6. The number of carbonyl (C=O) groups is 1. The molecule has 0 fully saturated rings. The summed E-state index contributed by atoms with van der Waals surface area (Å²) in [5.41, 5.74) is 6.68. The first-order valence-corrected chi connectivity index (χ1v) is 13.6. The zero-order valence-corrected chi connectivity index (χ0v) is 24.4. The molecule has 0 spiro atoms. The minimum atomic E-state index is -0.523. The number of aryl methyl sites for hydroxylation is 1. The van der Waals surface area contributed by atoms with Gasteiger partial charge in [-0.25, -0.2) is 9.18 Å². The van der Waals surface area contributed by atoms with Crippen molar-refractivity contribution in [2.45, 2.75) is 39.8 Å². The molecule has 0 amide bonds. The van der Waals surface area contributed by atoms with Gasteiger partial charge in [-0.15, -0.1) is 0 Å². The summed E-state index contributed by atoms with van der Waals surface area (Å²) in [6, 6.07) is 20.4. The van der Waals surface area contributed by atoms with E-state index in [-0.39, 0.29) is 18.0 Å². The van der Waals surface area contributed by atoms with Gasteiger partial charge in [0.2, 0.25) is 0 Å². The predicted octanol–water partition coefficient (Wildman–Crippen LogP) is 8.87. The number of fused-ring (bicyclic) bond motifs is 1. The van der Waals surface area contributed by atoms with Gasteiger partial charge in [0.25, 0.3) is 0 Å². The molecule has 0 aromatic heterocycles. The van der Waals surface area contributed by atoms with Crippen LogP contribution in [0.4, 0.5) is 10.1 Å². The first kappa shape index (κ1) is 28.2. The van der Waals surface area contributed by atoms with Crippen LogP contribution in [0.2, 0.25) is 5.02 Å². The molecule has 0 bridgehead atoms. The lowest BCUT2D eigenvalue weighted by Gasteiger charge is -2.33. The average molecular weight is 572 g/mol. The molecule has 1 aliphatic rings. The molecule has 4 aromatic rings. The molecule has 0 saturated carbocycles. The van der Waals surface area contributed by atoms with Gasteiger partial charge in [-0.1, -0.05) is 35.9 Å². The maximum absolute atomic E-state index is 14.0. The maximum Gasteiger partial charge on any atom is 0.343 e. The number of rotatable bonds is 7. The average Bonchev–Trinajstić information content (AvgIpc) is 2.92. The third-order valence-corrected chi connectivity index (χ3v) is 7.23. The van der Waals surface area contributed by atoms with E-state index < -0.39 is 5.97 Å². The van der Waals surface area contributed by atoms with Crippen LogP contribution in [-0.4, -0.2) is 18.6 Å². The van der Waals surface area contributed by atoms with E-state index in [0.717, 1.165) is 39.1 Å². The number of benzene rings is 4. The first-order chi connectivity index (χ1) is 19.5. The molecule has 210 valence electrons. The highest BCUT2D eigenvalue weighted by atomic mass is 35.5. The molecule has 1 heterocycles. The van der Waals surface area contributed by atoms with E-state index >= 15 is 0 Å². The molecule has 41 heavy (non-hydrogen) atoms. The Bertz CT molecular complexity index is 1680. The van der Waals surface area contributed by atoms with E-state index in [4.69, 9.17) is 25.8 Å². The summed E-state index contributed by atoms with van der Waals surface area (Å²) >= 11 is 6.04. The molecule has 4 aromatic carbocycles. The normalized spacial score (nSPS) is 13.5. The fraction of sp³-hybridized carbons (Fsp3) is 0.206. The molecule has 7 heteroatoms. The highest BCUT2D eigenvalue weighted by Crippen LogP contribution is 2.43. The molecule has 0 radical (unpaired) electrons. The minimum Gasteiger partial charge on any atom is -0.496 e. The first-order valence-electron chi connectivity index (χ1n) is 13.2. The fourth-order valence-electron chi connectivity index (χ4n) is 5.22. The number of hydrogen-bond donors (Lipinski definition) is 1. The van der Waals surface area contributed by atoms with Gasteiger partial charge in [0, 0.05) is 39.5 Å². The van der Waals surface area contributed by atoms with Crippen LogP contribution in [0, 0.1) is 12.7 Å². The number of carbonyl (C=O) groups excluding carboxylic acids is 1. The molecule has 1 N–H and O–H groups in total. The Labute approximate surface area is 244 Å². The van der Waals surface area contributed by atoms with Crippen molar-refractivity contribution in [3.63, 3.8) is 0 Å². The number of anilines is 1. The van der Waals surface area contributed by atoms with Crippen LogP contribution in [0.5, 0.6) is 17.2 Å². The molecule has 0 aliphatic carbocycles. The summed E-state index contributed by atoms with van der Waals surface area (Å²) in [6.45, 7) is 8.40. The number of allylic oxidation sites excluding steroid dienone is 1. The molecule has 0 saturated heterocycles. The summed E-state index contributed by atoms with van der Waals surface area (Å²) in [7, 11) is 1.57. The van der Waals surface area contributed by atoms with Gasteiger partial charge in [0.05, 0.1) is 18.2 Å². The van der Waals surface area contributed by atoms with Gasteiger partial charge in [-0.05, 0) is 86.9 Å². The number of esters is 1. The Balaban J connectivity index is 1.56. The third kappa shape index (κ3) is 6.08. The van der Waals surface area contributed by atoms with Crippen LogP contribution in [-0.2, 0) is 6.61 Å². The quantitative estimate of drug-likeness (QED) is 0.177. The van der Waals surface area contributed by atoms with E-state index in [1.54, 1.807) is 49.6 Å². The SMILES string of the molecule is COc1cc(OC(=O)c2cccc(Cl)c2)ccc1-c1ccc2c(c1COc1cc(F)ccc1C)C(C)=CC(C)(C)N2.